The Morgan fingerprint density at radius 1 is 0.788 bits per heavy atom. The molecule has 3 aromatic rings. The Bertz CT molecular complexity index is 1290. The maximum atomic E-state index is 13.6. The second-order valence-electron chi connectivity index (χ2n) is 8.49. The molecular formula is C27H26ClN3O2. The number of carbonyl (C=O) groups is 2. The van der Waals surface area contributed by atoms with E-state index in [1.807, 2.05) is 82.2 Å². The van der Waals surface area contributed by atoms with Crippen molar-refractivity contribution in [1.82, 2.24) is 0 Å². The highest BCUT2D eigenvalue weighted by Crippen LogP contribution is 2.35. The van der Waals surface area contributed by atoms with Gasteiger partial charge in [0, 0.05) is 30.5 Å². The lowest BCUT2D eigenvalue weighted by Crippen LogP contribution is -2.32. The third kappa shape index (κ3) is 4.24. The average molecular weight is 460 g/mol. The predicted octanol–water partition coefficient (Wildman–Crippen LogP) is 5.73. The van der Waals surface area contributed by atoms with Gasteiger partial charge in [0.2, 0.25) is 0 Å². The second kappa shape index (κ2) is 8.75. The molecule has 1 heterocycles. The number of imide groups is 1. The number of carbonyl (C=O) groups excluding carboxylic acids is 2. The maximum absolute atomic E-state index is 13.6. The summed E-state index contributed by atoms with van der Waals surface area (Å²) in [6.07, 6.45) is 0. The predicted molar refractivity (Wildman–Crippen MR) is 136 cm³/mol. The molecule has 2 amide bonds. The highest BCUT2D eigenvalue weighted by molar-refractivity contribution is 6.46. The number of amides is 2. The maximum Gasteiger partial charge on any atom is 0.282 e. The fourth-order valence-electron chi connectivity index (χ4n) is 3.76. The summed E-state index contributed by atoms with van der Waals surface area (Å²) in [7, 11) is 3.88. The summed E-state index contributed by atoms with van der Waals surface area (Å²) >= 11 is 6.30. The molecule has 5 nitrogen and oxygen atoms in total. The van der Waals surface area contributed by atoms with Gasteiger partial charge in [-0.15, -0.1) is 0 Å². The van der Waals surface area contributed by atoms with Crippen molar-refractivity contribution in [3.63, 3.8) is 0 Å². The number of rotatable bonds is 5. The number of anilines is 3. The first-order valence-corrected chi connectivity index (χ1v) is 11.1. The Morgan fingerprint density at radius 3 is 2.06 bits per heavy atom. The van der Waals surface area contributed by atoms with E-state index >= 15 is 0 Å². The van der Waals surface area contributed by atoms with Gasteiger partial charge in [-0.2, -0.15) is 0 Å². The largest absolute Gasteiger partial charge is 0.378 e. The van der Waals surface area contributed by atoms with Crippen molar-refractivity contribution in [3.05, 3.63) is 93.6 Å². The molecule has 3 aromatic carbocycles. The van der Waals surface area contributed by atoms with Crippen LogP contribution in [0.2, 0.25) is 5.02 Å². The van der Waals surface area contributed by atoms with Crippen LogP contribution in [-0.2, 0) is 9.59 Å². The van der Waals surface area contributed by atoms with Gasteiger partial charge in [0.05, 0.1) is 11.3 Å². The lowest BCUT2D eigenvalue weighted by atomic mass is 9.99. The van der Waals surface area contributed by atoms with Crippen LogP contribution >= 0.6 is 11.6 Å². The molecular weight excluding hydrogens is 434 g/mol. The van der Waals surface area contributed by atoms with Crippen molar-refractivity contribution in [2.75, 3.05) is 29.2 Å². The van der Waals surface area contributed by atoms with Gasteiger partial charge in [-0.3, -0.25) is 9.59 Å². The zero-order valence-electron chi connectivity index (χ0n) is 19.4. The van der Waals surface area contributed by atoms with E-state index in [1.165, 1.54) is 4.90 Å². The van der Waals surface area contributed by atoms with Crippen LogP contribution in [0, 0.1) is 20.8 Å². The molecule has 0 spiro atoms. The molecule has 0 saturated carbocycles. The van der Waals surface area contributed by atoms with Crippen molar-refractivity contribution in [2.45, 2.75) is 20.8 Å². The first kappa shape index (κ1) is 22.6. The van der Waals surface area contributed by atoms with Crippen LogP contribution in [-0.4, -0.2) is 25.9 Å². The van der Waals surface area contributed by atoms with E-state index in [9.17, 15) is 9.59 Å². The minimum atomic E-state index is -0.400. The van der Waals surface area contributed by atoms with Crippen LogP contribution in [0.1, 0.15) is 22.3 Å². The number of benzene rings is 3. The van der Waals surface area contributed by atoms with Crippen LogP contribution in [0.15, 0.2) is 66.4 Å². The van der Waals surface area contributed by atoms with Crippen molar-refractivity contribution in [3.8, 4) is 0 Å². The third-order valence-corrected chi connectivity index (χ3v) is 6.35. The van der Waals surface area contributed by atoms with Gasteiger partial charge < -0.3 is 10.2 Å². The SMILES string of the molecule is Cc1ccc(C2=C(Nc3ccc(C)c(Cl)c3)C(=O)N(c3ccc(N(C)C)cc3)C2=O)cc1C. The molecule has 6 heteroatoms. The fourth-order valence-corrected chi connectivity index (χ4v) is 3.94. The smallest absolute Gasteiger partial charge is 0.282 e. The number of halogens is 1. The van der Waals surface area contributed by atoms with E-state index in [-0.39, 0.29) is 11.6 Å². The molecule has 0 fully saturated rings. The first-order chi connectivity index (χ1) is 15.7. The van der Waals surface area contributed by atoms with E-state index in [0.29, 0.717) is 27.5 Å². The quantitative estimate of drug-likeness (QED) is 0.495. The van der Waals surface area contributed by atoms with E-state index in [2.05, 4.69) is 5.32 Å². The number of hydrogen-bond donors (Lipinski definition) is 1. The summed E-state index contributed by atoms with van der Waals surface area (Å²) in [5.41, 5.74) is 6.53. The molecule has 0 aliphatic carbocycles. The molecule has 33 heavy (non-hydrogen) atoms. The van der Waals surface area contributed by atoms with E-state index in [0.717, 1.165) is 22.4 Å². The summed E-state index contributed by atoms with van der Waals surface area (Å²) in [6.45, 7) is 5.92. The fraction of sp³-hybridized carbons (Fsp3) is 0.185. The lowest BCUT2D eigenvalue weighted by Gasteiger charge is -2.18. The minimum Gasteiger partial charge on any atom is -0.378 e. The zero-order valence-corrected chi connectivity index (χ0v) is 20.1. The van der Waals surface area contributed by atoms with Gasteiger partial charge in [-0.05, 0) is 79.4 Å². The van der Waals surface area contributed by atoms with Gasteiger partial charge in [0.15, 0.2) is 0 Å². The first-order valence-electron chi connectivity index (χ1n) is 10.7. The highest BCUT2D eigenvalue weighted by atomic mass is 35.5. The number of nitrogens with zero attached hydrogens (tertiary/aromatic N) is 2. The molecule has 0 aromatic heterocycles. The molecule has 1 N–H and O–H groups in total. The monoisotopic (exact) mass is 459 g/mol. The normalized spacial score (nSPS) is 13.7. The number of hydrogen-bond acceptors (Lipinski definition) is 4. The molecule has 1 aliphatic rings. The third-order valence-electron chi connectivity index (χ3n) is 5.94. The van der Waals surface area contributed by atoms with Crippen LogP contribution in [0.25, 0.3) is 5.57 Å². The van der Waals surface area contributed by atoms with Gasteiger partial charge in [-0.25, -0.2) is 4.90 Å². The van der Waals surface area contributed by atoms with Gasteiger partial charge in [0.25, 0.3) is 11.8 Å². The van der Waals surface area contributed by atoms with Crippen LogP contribution in [0.4, 0.5) is 17.1 Å². The van der Waals surface area contributed by atoms with E-state index in [4.69, 9.17) is 11.6 Å². The van der Waals surface area contributed by atoms with Crippen LogP contribution in [0.3, 0.4) is 0 Å². The topological polar surface area (TPSA) is 52.7 Å². The summed E-state index contributed by atoms with van der Waals surface area (Å²) in [5.74, 6) is -0.760. The summed E-state index contributed by atoms with van der Waals surface area (Å²) in [6, 6.07) is 18.6. The highest BCUT2D eigenvalue weighted by Gasteiger charge is 2.40. The molecule has 0 saturated heterocycles. The molecule has 0 radical (unpaired) electrons. The van der Waals surface area contributed by atoms with E-state index < -0.39 is 5.91 Å². The van der Waals surface area contributed by atoms with Crippen LogP contribution in [0.5, 0.6) is 0 Å². The van der Waals surface area contributed by atoms with Gasteiger partial charge >= 0.3 is 0 Å². The standard InChI is InChI=1S/C27H26ClN3O2/c1-16-6-8-19(14-18(16)3)24-25(29-20-9-7-17(2)23(28)15-20)27(33)31(26(24)32)22-12-10-21(11-13-22)30(4)5/h6-15,29H,1-5H3. The lowest BCUT2D eigenvalue weighted by molar-refractivity contribution is -0.120. The Labute approximate surface area is 199 Å². The number of aryl methyl sites for hydroxylation is 3. The van der Waals surface area contributed by atoms with Crippen molar-refractivity contribution in [1.29, 1.82) is 0 Å². The van der Waals surface area contributed by atoms with Crippen molar-refractivity contribution >= 4 is 46.1 Å². The molecule has 0 bridgehead atoms. The molecule has 1 aliphatic heterocycles. The van der Waals surface area contributed by atoms with Crippen LogP contribution < -0.4 is 15.1 Å². The van der Waals surface area contributed by atoms with E-state index in [1.54, 1.807) is 18.2 Å². The molecule has 4 rings (SSSR count). The van der Waals surface area contributed by atoms with Gasteiger partial charge in [-0.1, -0.05) is 35.9 Å². The molecule has 0 unspecified atom stereocenters. The Balaban J connectivity index is 1.81. The Morgan fingerprint density at radius 2 is 1.45 bits per heavy atom. The second-order valence-corrected chi connectivity index (χ2v) is 8.90. The average Bonchev–Trinajstić information content (AvgIpc) is 3.02. The molecule has 0 atom stereocenters. The van der Waals surface area contributed by atoms with Gasteiger partial charge in [0.1, 0.15) is 5.70 Å². The summed E-state index contributed by atoms with van der Waals surface area (Å²) < 4.78 is 0. The van der Waals surface area contributed by atoms with Crippen molar-refractivity contribution in [2.24, 2.45) is 0 Å². The minimum absolute atomic E-state index is 0.236. The summed E-state index contributed by atoms with van der Waals surface area (Å²) in [5, 5.41) is 3.76. The Hall–Kier alpha value is -3.57. The summed E-state index contributed by atoms with van der Waals surface area (Å²) in [4.78, 5) is 30.4. The molecule has 168 valence electrons. The van der Waals surface area contributed by atoms with Crippen molar-refractivity contribution < 1.29 is 9.59 Å². The number of nitrogens with one attached hydrogen (secondary N) is 1. The zero-order chi connectivity index (χ0) is 23.9. The Kier molecular flexibility index (Phi) is 6.00.